The number of aromatic nitrogens is 1. The van der Waals surface area contributed by atoms with Gasteiger partial charge in [0.2, 0.25) is 6.79 Å². The van der Waals surface area contributed by atoms with Crippen LogP contribution in [0.15, 0.2) is 41.8 Å². The van der Waals surface area contributed by atoms with Crippen LogP contribution in [-0.2, 0) is 11.3 Å². The van der Waals surface area contributed by atoms with Crippen molar-refractivity contribution in [1.29, 1.82) is 0 Å². The van der Waals surface area contributed by atoms with E-state index in [9.17, 15) is 19.3 Å². The van der Waals surface area contributed by atoms with Gasteiger partial charge in [-0.25, -0.2) is 14.2 Å². The van der Waals surface area contributed by atoms with E-state index in [2.05, 4.69) is 4.98 Å². The van der Waals surface area contributed by atoms with Gasteiger partial charge in [-0.15, -0.1) is 11.3 Å². The molecule has 1 aliphatic rings. The van der Waals surface area contributed by atoms with Crippen molar-refractivity contribution in [2.75, 3.05) is 6.79 Å². The van der Waals surface area contributed by atoms with Crippen LogP contribution < -0.4 is 9.47 Å². The number of carbonyl (C=O) groups excluding carboxylic acids is 1. The minimum Gasteiger partial charge on any atom is -0.455 e. The van der Waals surface area contributed by atoms with Crippen molar-refractivity contribution in [3.63, 3.8) is 0 Å². The van der Waals surface area contributed by atoms with Crippen LogP contribution in [0, 0.1) is 15.9 Å². The zero-order valence-corrected chi connectivity index (χ0v) is 14.9. The summed E-state index contributed by atoms with van der Waals surface area (Å²) in [6, 6.07) is 8.21. The van der Waals surface area contributed by atoms with Gasteiger partial charge in [0.25, 0.3) is 5.69 Å². The Kier molecular flexibility index (Phi) is 4.62. The fourth-order valence-electron chi connectivity index (χ4n) is 2.56. The molecule has 0 unspecified atom stereocenters. The molecule has 0 saturated heterocycles. The molecule has 0 amide bonds. The number of nitrogens with zero attached hydrogens (tertiary/aromatic N) is 2. The quantitative estimate of drug-likeness (QED) is 0.362. The van der Waals surface area contributed by atoms with E-state index in [0.29, 0.717) is 10.7 Å². The second kappa shape index (κ2) is 7.24. The maximum atomic E-state index is 13.0. The molecule has 10 heteroatoms. The van der Waals surface area contributed by atoms with E-state index >= 15 is 0 Å². The largest absolute Gasteiger partial charge is 0.455 e. The number of nitro benzene ring substituents is 1. The Bertz CT molecular complexity index is 1070. The molecule has 1 aromatic heterocycles. The number of carbonyl (C=O) groups is 1. The van der Waals surface area contributed by atoms with Gasteiger partial charge < -0.3 is 14.2 Å². The van der Waals surface area contributed by atoms with Crippen molar-refractivity contribution in [3.05, 3.63) is 69.0 Å². The van der Waals surface area contributed by atoms with Gasteiger partial charge in [0.1, 0.15) is 23.0 Å². The van der Waals surface area contributed by atoms with Gasteiger partial charge in [-0.3, -0.25) is 10.1 Å². The average molecular weight is 402 g/mol. The fourth-order valence-corrected chi connectivity index (χ4v) is 3.37. The van der Waals surface area contributed by atoms with E-state index in [-0.39, 0.29) is 36.3 Å². The molecule has 2 heterocycles. The van der Waals surface area contributed by atoms with Crippen LogP contribution >= 0.6 is 11.3 Å². The van der Waals surface area contributed by atoms with Gasteiger partial charge in [-0.05, 0) is 24.3 Å². The predicted octanol–water partition coefficient (Wildman–Crippen LogP) is 3.94. The summed E-state index contributed by atoms with van der Waals surface area (Å²) in [5.41, 5.74) is 0.541. The minimum absolute atomic E-state index is 0.0734. The van der Waals surface area contributed by atoms with Crippen molar-refractivity contribution in [3.8, 4) is 22.1 Å². The van der Waals surface area contributed by atoms with Crippen LogP contribution in [0.5, 0.6) is 11.5 Å². The topological polar surface area (TPSA) is 101 Å². The van der Waals surface area contributed by atoms with Crippen LogP contribution in [0.2, 0.25) is 0 Å². The van der Waals surface area contributed by atoms with Crippen LogP contribution in [0.4, 0.5) is 10.1 Å². The number of nitro groups is 1. The third-order valence-corrected chi connectivity index (χ3v) is 4.84. The summed E-state index contributed by atoms with van der Waals surface area (Å²) in [5.74, 6) is -0.780. The molecule has 8 nitrogen and oxygen atoms in total. The molecular formula is C18H11FN2O6S. The maximum absolute atomic E-state index is 13.0. The van der Waals surface area contributed by atoms with Gasteiger partial charge in [0.15, 0.2) is 11.5 Å². The molecule has 28 heavy (non-hydrogen) atoms. The summed E-state index contributed by atoms with van der Waals surface area (Å²) < 4.78 is 28.4. The lowest BCUT2D eigenvalue weighted by molar-refractivity contribution is -0.385. The first-order valence-electron chi connectivity index (χ1n) is 7.97. The van der Waals surface area contributed by atoms with Crippen molar-refractivity contribution in [1.82, 2.24) is 4.98 Å². The Morgan fingerprint density at radius 1 is 1.25 bits per heavy atom. The van der Waals surface area contributed by atoms with Crippen molar-refractivity contribution >= 4 is 23.0 Å². The van der Waals surface area contributed by atoms with Crippen LogP contribution in [0.1, 0.15) is 16.1 Å². The van der Waals surface area contributed by atoms with Gasteiger partial charge in [0.05, 0.1) is 16.7 Å². The highest BCUT2D eigenvalue weighted by Gasteiger charge is 2.28. The Morgan fingerprint density at radius 3 is 2.68 bits per heavy atom. The molecule has 2 aromatic carbocycles. The lowest BCUT2D eigenvalue weighted by Gasteiger charge is -2.05. The first-order chi connectivity index (χ1) is 13.5. The van der Waals surface area contributed by atoms with Gasteiger partial charge in [0, 0.05) is 17.0 Å². The van der Waals surface area contributed by atoms with Crippen molar-refractivity contribution < 1.29 is 28.3 Å². The van der Waals surface area contributed by atoms with E-state index < -0.39 is 16.6 Å². The summed E-state index contributed by atoms with van der Waals surface area (Å²) in [4.78, 5) is 27.3. The molecule has 142 valence electrons. The van der Waals surface area contributed by atoms with Crippen molar-refractivity contribution in [2.45, 2.75) is 6.61 Å². The third-order valence-electron chi connectivity index (χ3n) is 3.90. The van der Waals surface area contributed by atoms with Gasteiger partial charge >= 0.3 is 5.97 Å². The monoisotopic (exact) mass is 402 g/mol. The standard InChI is InChI=1S/C18H11FN2O6S/c19-11-3-1-10(2-4-11)17-20-12(8-28-17)7-25-18(22)13-5-15-16(27-9-26-15)6-14(13)21(23)24/h1-6,8H,7,9H2. The van der Waals surface area contributed by atoms with Gasteiger partial charge in [-0.2, -0.15) is 0 Å². The van der Waals surface area contributed by atoms with Crippen molar-refractivity contribution in [2.24, 2.45) is 0 Å². The molecule has 0 atom stereocenters. The fraction of sp³-hybridized carbons (Fsp3) is 0.111. The lowest BCUT2D eigenvalue weighted by atomic mass is 10.1. The van der Waals surface area contributed by atoms with E-state index in [0.717, 1.165) is 11.6 Å². The molecule has 0 fully saturated rings. The summed E-state index contributed by atoms with van der Waals surface area (Å²) in [6.45, 7) is -0.238. The molecule has 1 aliphatic heterocycles. The third kappa shape index (κ3) is 3.49. The van der Waals surface area contributed by atoms with E-state index in [1.54, 1.807) is 17.5 Å². The number of benzene rings is 2. The van der Waals surface area contributed by atoms with Gasteiger partial charge in [-0.1, -0.05) is 0 Å². The van der Waals surface area contributed by atoms with E-state index in [1.807, 2.05) is 0 Å². The molecule has 0 radical (unpaired) electrons. The molecule has 0 bridgehead atoms. The van der Waals surface area contributed by atoms with Crippen LogP contribution in [0.25, 0.3) is 10.6 Å². The number of fused-ring (bicyclic) bond motifs is 1. The second-order valence-electron chi connectivity index (χ2n) is 5.71. The summed E-state index contributed by atoms with van der Waals surface area (Å²) in [6.07, 6.45) is 0. The number of esters is 1. The number of ether oxygens (including phenoxy) is 3. The molecule has 3 aromatic rings. The average Bonchev–Trinajstić information content (AvgIpc) is 3.34. The molecule has 0 saturated carbocycles. The Labute approximate surface area is 161 Å². The number of hydrogen-bond donors (Lipinski definition) is 0. The molecule has 4 rings (SSSR count). The zero-order chi connectivity index (χ0) is 19.7. The summed E-state index contributed by atoms with van der Waals surface area (Å²) >= 11 is 1.31. The number of hydrogen-bond acceptors (Lipinski definition) is 8. The normalized spacial score (nSPS) is 12.0. The molecule has 0 N–H and O–H groups in total. The molecule has 0 spiro atoms. The predicted molar refractivity (Wildman–Crippen MR) is 95.8 cm³/mol. The van der Waals surface area contributed by atoms with Crippen LogP contribution in [0.3, 0.4) is 0 Å². The van der Waals surface area contributed by atoms with Crippen LogP contribution in [-0.4, -0.2) is 22.7 Å². The first kappa shape index (κ1) is 17.9. The molecule has 0 aliphatic carbocycles. The number of thiazole rings is 1. The minimum atomic E-state index is -0.874. The zero-order valence-electron chi connectivity index (χ0n) is 14.1. The first-order valence-corrected chi connectivity index (χ1v) is 8.85. The highest BCUT2D eigenvalue weighted by atomic mass is 32.1. The Morgan fingerprint density at radius 2 is 1.96 bits per heavy atom. The lowest BCUT2D eigenvalue weighted by Crippen LogP contribution is -2.08. The Balaban J connectivity index is 1.49. The SMILES string of the molecule is O=C(OCc1csc(-c2ccc(F)cc2)n1)c1cc2c(cc1[N+](=O)[O-])OCO2. The number of rotatable bonds is 5. The summed E-state index contributed by atoms with van der Waals surface area (Å²) in [5, 5.41) is 13.6. The summed E-state index contributed by atoms with van der Waals surface area (Å²) in [7, 11) is 0. The number of halogens is 1. The second-order valence-corrected chi connectivity index (χ2v) is 6.56. The highest BCUT2D eigenvalue weighted by Crippen LogP contribution is 2.38. The Hall–Kier alpha value is -3.53. The smallest absolute Gasteiger partial charge is 0.345 e. The highest BCUT2D eigenvalue weighted by molar-refractivity contribution is 7.13. The maximum Gasteiger partial charge on any atom is 0.345 e. The molecular weight excluding hydrogens is 391 g/mol. The van der Waals surface area contributed by atoms with E-state index in [4.69, 9.17) is 14.2 Å². The van der Waals surface area contributed by atoms with E-state index in [1.165, 1.54) is 29.5 Å².